The zero-order chi connectivity index (χ0) is 19.8. The van der Waals surface area contributed by atoms with Crippen LogP contribution in [0.5, 0.6) is 0 Å². The number of hydrogen-bond donors (Lipinski definition) is 0. The van der Waals surface area contributed by atoms with Crippen molar-refractivity contribution in [2.45, 2.75) is 110 Å². The van der Waals surface area contributed by atoms with Gasteiger partial charge < -0.3 is 16.9 Å². The Morgan fingerprint density at radius 1 is 0.571 bits per heavy atom. The first-order valence-electron chi connectivity index (χ1n) is 12.0. The lowest BCUT2D eigenvalue weighted by molar-refractivity contribution is -0.903. The lowest BCUT2D eigenvalue weighted by atomic mass is 10.0. The molecule has 1 aromatic carbocycles. The first-order valence-corrected chi connectivity index (χ1v) is 12.0. The van der Waals surface area contributed by atoms with E-state index in [0.717, 1.165) is 17.4 Å². The molecule has 0 saturated heterocycles. The van der Waals surface area contributed by atoms with Gasteiger partial charge in [-0.3, -0.25) is 0 Å². The predicted molar refractivity (Wildman–Crippen MR) is 122 cm³/mol. The molecule has 28 heavy (non-hydrogen) atoms. The number of nitrogens with zero attached hydrogens (tertiary/aromatic N) is 1. The number of benzene rings is 1. The Hall–Kier alpha value is -0.530. The van der Waals surface area contributed by atoms with Gasteiger partial charge in [-0.25, -0.2) is 0 Å². The largest absolute Gasteiger partial charge is 1.00 e. The second kappa shape index (κ2) is 17.3. The topological polar surface area (TPSA) is 0 Å². The van der Waals surface area contributed by atoms with Crippen LogP contribution >= 0.6 is 0 Å². The van der Waals surface area contributed by atoms with Crippen molar-refractivity contribution in [1.29, 1.82) is 0 Å². The molecule has 1 rings (SSSR count). The fourth-order valence-corrected chi connectivity index (χ4v) is 4.01. The molecule has 0 saturated carbocycles. The maximum atomic E-state index is 2.38. The van der Waals surface area contributed by atoms with Crippen LogP contribution in [0.1, 0.15) is 108 Å². The van der Waals surface area contributed by atoms with Crippen LogP contribution in [0.15, 0.2) is 24.3 Å². The fourth-order valence-electron chi connectivity index (χ4n) is 4.01. The van der Waals surface area contributed by atoms with E-state index in [1.807, 2.05) is 0 Å². The number of rotatable bonds is 17. The van der Waals surface area contributed by atoms with Crippen LogP contribution in [0.25, 0.3) is 0 Å². The molecule has 164 valence electrons. The lowest BCUT2D eigenvalue weighted by Crippen LogP contribution is -3.00. The Kier molecular flexibility index (Phi) is 17.0. The molecule has 0 bridgehead atoms. The van der Waals surface area contributed by atoms with E-state index in [0.29, 0.717) is 0 Å². The van der Waals surface area contributed by atoms with E-state index in [4.69, 9.17) is 0 Å². The van der Waals surface area contributed by atoms with E-state index in [9.17, 15) is 0 Å². The summed E-state index contributed by atoms with van der Waals surface area (Å²) in [5.74, 6) is 0. The molecule has 0 aliphatic carbocycles. The highest BCUT2D eigenvalue weighted by molar-refractivity contribution is 5.21. The SMILES string of the molecule is CCCCCCCCCCCCCCC[N+](C)(C)Cc1ccc(CC)cc1.[Cl-]. The second-order valence-corrected chi connectivity index (χ2v) is 9.23. The summed E-state index contributed by atoms with van der Waals surface area (Å²) in [6.07, 6.45) is 19.8. The van der Waals surface area contributed by atoms with E-state index in [1.54, 1.807) is 0 Å². The van der Waals surface area contributed by atoms with Crippen molar-refractivity contribution >= 4 is 0 Å². The first kappa shape index (κ1) is 27.5. The van der Waals surface area contributed by atoms with Crippen LogP contribution in [0.4, 0.5) is 0 Å². The summed E-state index contributed by atoms with van der Waals surface area (Å²) >= 11 is 0. The number of hydrogen-bond acceptors (Lipinski definition) is 0. The molecule has 1 nitrogen and oxygen atoms in total. The summed E-state index contributed by atoms with van der Waals surface area (Å²) in [4.78, 5) is 0. The summed E-state index contributed by atoms with van der Waals surface area (Å²) in [5, 5.41) is 0. The van der Waals surface area contributed by atoms with Gasteiger partial charge in [-0.05, 0) is 24.8 Å². The van der Waals surface area contributed by atoms with Crippen molar-refractivity contribution in [1.82, 2.24) is 0 Å². The average Bonchev–Trinajstić information content (AvgIpc) is 2.66. The lowest BCUT2D eigenvalue weighted by Gasteiger charge is -2.30. The molecule has 0 N–H and O–H groups in total. The molecule has 0 heterocycles. The number of quaternary nitrogens is 1. The smallest absolute Gasteiger partial charge is 0.104 e. The average molecular weight is 410 g/mol. The van der Waals surface area contributed by atoms with Crippen LogP contribution in [0.3, 0.4) is 0 Å². The molecule has 0 atom stereocenters. The first-order chi connectivity index (χ1) is 13.1. The van der Waals surface area contributed by atoms with Crippen molar-refractivity contribution in [3.8, 4) is 0 Å². The molecule has 0 amide bonds. The minimum atomic E-state index is 0. The van der Waals surface area contributed by atoms with Crippen molar-refractivity contribution in [3.63, 3.8) is 0 Å². The minimum absolute atomic E-state index is 0. The Bertz CT molecular complexity index is 452. The Labute approximate surface area is 183 Å². The molecule has 0 unspecified atom stereocenters. The number of unbranched alkanes of at least 4 members (excludes halogenated alkanes) is 12. The molecule has 0 aliphatic heterocycles. The zero-order valence-electron chi connectivity index (χ0n) is 19.4. The summed E-state index contributed by atoms with van der Waals surface area (Å²) < 4.78 is 1.11. The number of halogens is 1. The highest BCUT2D eigenvalue weighted by Gasteiger charge is 2.15. The van der Waals surface area contributed by atoms with Gasteiger partial charge in [0.05, 0.1) is 20.6 Å². The third-order valence-corrected chi connectivity index (χ3v) is 5.91. The molecule has 0 aromatic heterocycles. The van der Waals surface area contributed by atoms with Gasteiger partial charge in [0.1, 0.15) is 6.54 Å². The van der Waals surface area contributed by atoms with Gasteiger partial charge >= 0.3 is 0 Å². The normalized spacial score (nSPS) is 11.4. The van der Waals surface area contributed by atoms with Crippen molar-refractivity contribution < 1.29 is 16.9 Å². The summed E-state index contributed by atoms with van der Waals surface area (Å²) in [6, 6.07) is 9.23. The monoisotopic (exact) mass is 409 g/mol. The van der Waals surface area contributed by atoms with Crippen LogP contribution in [0.2, 0.25) is 0 Å². The van der Waals surface area contributed by atoms with Gasteiger partial charge in [0, 0.05) is 5.56 Å². The van der Waals surface area contributed by atoms with Gasteiger partial charge in [0.25, 0.3) is 0 Å². The Morgan fingerprint density at radius 2 is 0.964 bits per heavy atom. The second-order valence-electron chi connectivity index (χ2n) is 9.23. The highest BCUT2D eigenvalue weighted by Crippen LogP contribution is 2.15. The van der Waals surface area contributed by atoms with E-state index in [2.05, 4.69) is 52.2 Å². The maximum absolute atomic E-state index is 2.38. The van der Waals surface area contributed by atoms with E-state index in [-0.39, 0.29) is 12.4 Å². The van der Waals surface area contributed by atoms with Gasteiger partial charge in [0.2, 0.25) is 0 Å². The van der Waals surface area contributed by atoms with Crippen molar-refractivity contribution in [2.24, 2.45) is 0 Å². The molecular formula is C26H48ClN. The van der Waals surface area contributed by atoms with Gasteiger partial charge in [-0.15, -0.1) is 0 Å². The standard InChI is InChI=1S/C26H48N.ClH/c1-5-7-8-9-10-11-12-13-14-15-16-17-18-23-27(3,4)24-26-21-19-25(6-2)20-22-26;/h19-22H,5-18,23-24H2,1-4H3;1H/q+1;/p-1. The molecular weight excluding hydrogens is 362 g/mol. The molecule has 0 fully saturated rings. The maximum Gasteiger partial charge on any atom is 0.104 e. The molecule has 0 spiro atoms. The third kappa shape index (κ3) is 14.5. The molecule has 1 aromatic rings. The summed E-state index contributed by atoms with van der Waals surface area (Å²) in [5.41, 5.74) is 2.92. The predicted octanol–water partition coefficient (Wildman–Crippen LogP) is 4.92. The molecule has 0 aliphatic rings. The summed E-state index contributed by atoms with van der Waals surface area (Å²) in [7, 11) is 4.77. The highest BCUT2D eigenvalue weighted by atomic mass is 35.5. The van der Waals surface area contributed by atoms with Crippen LogP contribution in [0, 0.1) is 0 Å². The Morgan fingerprint density at radius 3 is 1.39 bits per heavy atom. The number of aryl methyl sites for hydroxylation is 1. The van der Waals surface area contributed by atoms with Gasteiger partial charge in [-0.2, -0.15) is 0 Å². The summed E-state index contributed by atoms with van der Waals surface area (Å²) in [6.45, 7) is 6.98. The van der Waals surface area contributed by atoms with Crippen molar-refractivity contribution in [3.05, 3.63) is 35.4 Å². The minimum Gasteiger partial charge on any atom is -1.00 e. The van der Waals surface area contributed by atoms with Gasteiger partial charge in [0.15, 0.2) is 0 Å². The van der Waals surface area contributed by atoms with Crippen LogP contribution in [-0.2, 0) is 13.0 Å². The van der Waals surface area contributed by atoms with Crippen LogP contribution < -0.4 is 12.4 Å². The third-order valence-electron chi connectivity index (χ3n) is 5.91. The molecule has 2 heteroatoms. The van der Waals surface area contributed by atoms with E-state index < -0.39 is 0 Å². The Balaban J connectivity index is 0.00000729. The van der Waals surface area contributed by atoms with Crippen molar-refractivity contribution in [2.75, 3.05) is 20.6 Å². The quantitative estimate of drug-likeness (QED) is 0.253. The fraction of sp³-hybridized carbons (Fsp3) is 0.769. The van der Waals surface area contributed by atoms with E-state index in [1.165, 1.54) is 101 Å². The van der Waals surface area contributed by atoms with Gasteiger partial charge in [-0.1, -0.05) is 109 Å². The van der Waals surface area contributed by atoms with Crippen LogP contribution in [-0.4, -0.2) is 25.1 Å². The zero-order valence-corrected chi connectivity index (χ0v) is 20.2. The van der Waals surface area contributed by atoms with E-state index >= 15 is 0 Å². The molecule has 0 radical (unpaired) electrons.